The fraction of sp³-hybridized carbons (Fsp3) is 0.235. The third-order valence-electron chi connectivity index (χ3n) is 3.26. The first-order chi connectivity index (χ1) is 10.2. The Morgan fingerprint density at radius 2 is 1.95 bits per heavy atom. The average molecular weight is 284 g/mol. The van der Waals surface area contributed by atoms with Gasteiger partial charge < -0.3 is 15.8 Å². The Hall–Kier alpha value is -2.33. The van der Waals surface area contributed by atoms with Crippen molar-refractivity contribution in [1.29, 1.82) is 0 Å². The highest BCUT2D eigenvalue weighted by atomic mass is 16.5. The third kappa shape index (κ3) is 4.61. The van der Waals surface area contributed by atoms with Crippen LogP contribution in [0.5, 0.6) is 5.75 Å². The van der Waals surface area contributed by atoms with E-state index in [1.165, 1.54) is 5.56 Å². The largest absolute Gasteiger partial charge is 0.497 e. The van der Waals surface area contributed by atoms with E-state index in [1.807, 2.05) is 48.5 Å². The molecule has 0 aromatic heterocycles. The summed E-state index contributed by atoms with van der Waals surface area (Å²) in [6, 6.07) is 16.7. The molecule has 0 saturated carbocycles. The molecular formula is C17H20N2O2. The van der Waals surface area contributed by atoms with Crippen LogP contribution in [0.15, 0.2) is 54.6 Å². The molecule has 2 rings (SSSR count). The van der Waals surface area contributed by atoms with Crippen molar-refractivity contribution < 1.29 is 9.53 Å². The van der Waals surface area contributed by atoms with Gasteiger partial charge in [0.1, 0.15) is 5.75 Å². The summed E-state index contributed by atoms with van der Waals surface area (Å²) < 4.78 is 5.12. The summed E-state index contributed by atoms with van der Waals surface area (Å²) in [5, 5.41) is 2.81. The lowest BCUT2D eigenvalue weighted by atomic mass is 10.1. The molecule has 110 valence electrons. The highest BCUT2D eigenvalue weighted by Gasteiger charge is 2.13. The second-order valence-electron chi connectivity index (χ2n) is 4.85. The van der Waals surface area contributed by atoms with E-state index in [4.69, 9.17) is 10.5 Å². The fourth-order valence-electron chi connectivity index (χ4n) is 2.03. The summed E-state index contributed by atoms with van der Waals surface area (Å²) in [6.07, 6.45) is 1.40. The lowest BCUT2D eigenvalue weighted by Crippen LogP contribution is -2.36. The zero-order chi connectivity index (χ0) is 15.1. The lowest BCUT2D eigenvalue weighted by Gasteiger charge is -2.13. The number of ether oxygens (including phenoxy) is 1. The molecular weight excluding hydrogens is 264 g/mol. The van der Waals surface area contributed by atoms with E-state index >= 15 is 0 Å². The van der Waals surface area contributed by atoms with Gasteiger partial charge in [-0.1, -0.05) is 36.4 Å². The maximum Gasteiger partial charge on any atom is 0.241 e. The standard InChI is InChI=1S/C17H20N2O2/c1-21-15-9-5-8-14(12-15)19-17(20)16(18)11-10-13-6-3-2-4-7-13/h2-9,12,16H,10-11,18H2,1H3,(H,19,20). The summed E-state index contributed by atoms with van der Waals surface area (Å²) in [5.74, 6) is 0.518. The first-order valence-corrected chi connectivity index (χ1v) is 6.93. The summed E-state index contributed by atoms with van der Waals surface area (Å²) in [6.45, 7) is 0. The Morgan fingerprint density at radius 3 is 2.67 bits per heavy atom. The highest BCUT2D eigenvalue weighted by Crippen LogP contribution is 2.17. The van der Waals surface area contributed by atoms with Crippen LogP contribution in [0, 0.1) is 0 Å². The first kappa shape index (κ1) is 15.1. The number of anilines is 1. The molecule has 4 nitrogen and oxygen atoms in total. The van der Waals surface area contributed by atoms with Gasteiger partial charge in [-0.3, -0.25) is 4.79 Å². The summed E-state index contributed by atoms with van der Waals surface area (Å²) in [7, 11) is 1.59. The van der Waals surface area contributed by atoms with Gasteiger partial charge in [-0.15, -0.1) is 0 Å². The third-order valence-corrected chi connectivity index (χ3v) is 3.26. The molecule has 2 aromatic rings. The van der Waals surface area contributed by atoms with Gasteiger partial charge in [0.2, 0.25) is 5.91 Å². The van der Waals surface area contributed by atoms with E-state index in [-0.39, 0.29) is 5.91 Å². The van der Waals surface area contributed by atoms with Crippen LogP contribution < -0.4 is 15.8 Å². The molecule has 0 aliphatic rings. The molecule has 4 heteroatoms. The van der Waals surface area contributed by atoms with Gasteiger partial charge in [-0.25, -0.2) is 0 Å². The number of rotatable bonds is 6. The maximum absolute atomic E-state index is 12.1. The Balaban J connectivity index is 1.87. The van der Waals surface area contributed by atoms with E-state index < -0.39 is 6.04 Å². The van der Waals surface area contributed by atoms with Gasteiger partial charge >= 0.3 is 0 Å². The van der Waals surface area contributed by atoms with Gasteiger partial charge in [-0.05, 0) is 30.5 Å². The summed E-state index contributed by atoms with van der Waals surface area (Å²) in [4.78, 5) is 12.1. The van der Waals surface area contributed by atoms with Crippen molar-refractivity contribution in [3.05, 3.63) is 60.2 Å². The van der Waals surface area contributed by atoms with Crippen molar-refractivity contribution >= 4 is 11.6 Å². The zero-order valence-electron chi connectivity index (χ0n) is 12.1. The number of carbonyl (C=O) groups is 1. The number of carbonyl (C=O) groups excluding carboxylic acids is 1. The Bertz CT molecular complexity index is 584. The number of amides is 1. The summed E-state index contributed by atoms with van der Waals surface area (Å²) in [5.41, 5.74) is 7.81. The molecule has 0 heterocycles. The molecule has 0 bridgehead atoms. The molecule has 1 amide bonds. The van der Waals surface area contributed by atoms with E-state index in [9.17, 15) is 4.79 Å². The SMILES string of the molecule is COc1cccc(NC(=O)C(N)CCc2ccccc2)c1. The van der Waals surface area contributed by atoms with Crippen LogP contribution in [0.25, 0.3) is 0 Å². The van der Waals surface area contributed by atoms with Gasteiger partial charge in [-0.2, -0.15) is 0 Å². The zero-order valence-corrected chi connectivity index (χ0v) is 12.1. The molecule has 1 unspecified atom stereocenters. The Morgan fingerprint density at radius 1 is 1.19 bits per heavy atom. The molecule has 0 aliphatic carbocycles. The van der Waals surface area contributed by atoms with Crippen LogP contribution >= 0.6 is 0 Å². The quantitative estimate of drug-likeness (QED) is 0.857. The Kier molecular flexibility index (Phi) is 5.35. The number of hydrogen-bond donors (Lipinski definition) is 2. The van der Waals surface area contributed by atoms with Crippen LogP contribution in [-0.4, -0.2) is 19.1 Å². The van der Waals surface area contributed by atoms with E-state index in [0.29, 0.717) is 17.9 Å². The molecule has 21 heavy (non-hydrogen) atoms. The van der Waals surface area contributed by atoms with Gasteiger partial charge in [0.25, 0.3) is 0 Å². The van der Waals surface area contributed by atoms with E-state index in [1.54, 1.807) is 13.2 Å². The average Bonchev–Trinajstić information content (AvgIpc) is 2.53. The van der Waals surface area contributed by atoms with Crippen molar-refractivity contribution in [2.75, 3.05) is 12.4 Å². The van der Waals surface area contributed by atoms with Crippen LogP contribution in [0.4, 0.5) is 5.69 Å². The van der Waals surface area contributed by atoms with Crippen molar-refractivity contribution in [3.63, 3.8) is 0 Å². The second kappa shape index (κ2) is 7.45. The topological polar surface area (TPSA) is 64.3 Å². The van der Waals surface area contributed by atoms with Crippen molar-refractivity contribution in [3.8, 4) is 5.75 Å². The van der Waals surface area contributed by atoms with Crippen molar-refractivity contribution in [2.45, 2.75) is 18.9 Å². The number of nitrogens with one attached hydrogen (secondary N) is 1. The monoisotopic (exact) mass is 284 g/mol. The predicted octanol–water partition coefficient (Wildman–Crippen LogP) is 2.59. The number of benzene rings is 2. The van der Waals surface area contributed by atoms with Gasteiger partial charge in [0.05, 0.1) is 13.2 Å². The van der Waals surface area contributed by atoms with Crippen LogP contribution in [-0.2, 0) is 11.2 Å². The van der Waals surface area contributed by atoms with E-state index in [2.05, 4.69) is 5.32 Å². The van der Waals surface area contributed by atoms with Gasteiger partial charge in [0, 0.05) is 11.8 Å². The second-order valence-corrected chi connectivity index (χ2v) is 4.85. The molecule has 0 spiro atoms. The van der Waals surface area contributed by atoms with Crippen LogP contribution in [0.1, 0.15) is 12.0 Å². The number of nitrogens with two attached hydrogens (primary N) is 1. The summed E-state index contributed by atoms with van der Waals surface area (Å²) >= 11 is 0. The smallest absolute Gasteiger partial charge is 0.241 e. The minimum absolute atomic E-state index is 0.181. The predicted molar refractivity (Wildman–Crippen MR) is 84.4 cm³/mol. The number of methoxy groups -OCH3 is 1. The van der Waals surface area contributed by atoms with Crippen molar-refractivity contribution in [2.24, 2.45) is 5.73 Å². The highest BCUT2D eigenvalue weighted by molar-refractivity contribution is 5.94. The van der Waals surface area contributed by atoms with Gasteiger partial charge in [0.15, 0.2) is 0 Å². The van der Waals surface area contributed by atoms with Crippen molar-refractivity contribution in [1.82, 2.24) is 0 Å². The molecule has 0 saturated heterocycles. The minimum Gasteiger partial charge on any atom is -0.497 e. The first-order valence-electron chi connectivity index (χ1n) is 6.93. The molecule has 2 aromatic carbocycles. The Labute approximate surface area is 124 Å². The molecule has 0 fully saturated rings. The number of hydrogen-bond acceptors (Lipinski definition) is 3. The molecule has 0 aliphatic heterocycles. The van der Waals surface area contributed by atoms with Crippen LogP contribution in [0.2, 0.25) is 0 Å². The number of aryl methyl sites for hydroxylation is 1. The molecule has 3 N–H and O–H groups in total. The fourth-order valence-corrected chi connectivity index (χ4v) is 2.03. The molecule has 0 radical (unpaired) electrons. The molecule has 1 atom stereocenters. The maximum atomic E-state index is 12.1. The van der Waals surface area contributed by atoms with Crippen LogP contribution in [0.3, 0.4) is 0 Å². The normalized spacial score (nSPS) is 11.7. The van der Waals surface area contributed by atoms with E-state index in [0.717, 1.165) is 6.42 Å². The minimum atomic E-state index is -0.531. The lowest BCUT2D eigenvalue weighted by molar-refractivity contribution is -0.117.